The van der Waals surface area contributed by atoms with Crippen LogP contribution in [0.5, 0.6) is 0 Å². The molecule has 0 bridgehead atoms. The summed E-state index contributed by atoms with van der Waals surface area (Å²) in [5.74, 6) is 1.04. The molecule has 2 N–H and O–H groups in total. The van der Waals surface area contributed by atoms with Crippen molar-refractivity contribution in [2.45, 2.75) is 53.5 Å². The summed E-state index contributed by atoms with van der Waals surface area (Å²) >= 11 is 0. The van der Waals surface area contributed by atoms with Crippen molar-refractivity contribution in [2.24, 2.45) is 5.41 Å². The van der Waals surface area contributed by atoms with Gasteiger partial charge in [0.25, 0.3) is 5.69 Å². The molecule has 0 atom stereocenters. The molecule has 0 amide bonds. The van der Waals surface area contributed by atoms with Gasteiger partial charge in [0.1, 0.15) is 11.6 Å². The van der Waals surface area contributed by atoms with Crippen molar-refractivity contribution >= 4 is 17.3 Å². The van der Waals surface area contributed by atoms with Crippen molar-refractivity contribution in [1.29, 1.82) is 0 Å². The first-order valence-electron chi connectivity index (χ1n) is 7.21. The first-order chi connectivity index (χ1) is 9.52. The van der Waals surface area contributed by atoms with Crippen molar-refractivity contribution in [3.8, 4) is 0 Å². The summed E-state index contributed by atoms with van der Waals surface area (Å²) in [6.07, 6.45) is 0.918. The van der Waals surface area contributed by atoms with Crippen LogP contribution in [0, 0.1) is 15.5 Å². The summed E-state index contributed by atoms with van der Waals surface area (Å²) in [6, 6.07) is 2.93. The SMILES string of the molecule is CCNc1cc([N+](=O)[O-])cc(NC(C)(C)CC(C)(C)C)n1. The summed E-state index contributed by atoms with van der Waals surface area (Å²) in [6.45, 7) is 13.2. The standard InChI is InChI=1S/C15H26N4O2/c1-7-16-12-8-11(19(20)21)9-13(17-12)18-15(5,6)10-14(2,3)4/h8-9H,7,10H2,1-6H3,(H2,16,17,18). The van der Waals surface area contributed by atoms with E-state index in [2.05, 4.69) is 50.2 Å². The number of rotatable bonds is 6. The molecule has 118 valence electrons. The van der Waals surface area contributed by atoms with Crippen LogP contribution in [0.1, 0.15) is 48.0 Å². The number of nitrogens with zero attached hydrogens (tertiary/aromatic N) is 2. The molecule has 0 fully saturated rings. The van der Waals surface area contributed by atoms with Crippen LogP contribution in [0.2, 0.25) is 0 Å². The highest BCUT2D eigenvalue weighted by Gasteiger charge is 2.26. The quantitative estimate of drug-likeness (QED) is 0.611. The molecule has 0 saturated heterocycles. The van der Waals surface area contributed by atoms with Crippen LogP contribution >= 0.6 is 0 Å². The van der Waals surface area contributed by atoms with Crippen molar-refractivity contribution in [3.05, 3.63) is 22.2 Å². The van der Waals surface area contributed by atoms with E-state index in [1.54, 1.807) is 0 Å². The molecule has 0 aromatic carbocycles. The zero-order chi connectivity index (χ0) is 16.3. The van der Waals surface area contributed by atoms with Crippen molar-refractivity contribution in [3.63, 3.8) is 0 Å². The summed E-state index contributed by atoms with van der Waals surface area (Å²) in [5, 5.41) is 17.4. The number of aromatic nitrogens is 1. The lowest BCUT2D eigenvalue weighted by Crippen LogP contribution is -2.35. The molecule has 0 spiro atoms. The monoisotopic (exact) mass is 294 g/mol. The number of nitro groups is 1. The third kappa shape index (κ3) is 5.97. The van der Waals surface area contributed by atoms with Gasteiger partial charge in [-0.25, -0.2) is 4.98 Å². The maximum absolute atomic E-state index is 11.0. The molecular weight excluding hydrogens is 268 g/mol. The summed E-state index contributed by atoms with van der Waals surface area (Å²) in [7, 11) is 0. The van der Waals surface area contributed by atoms with E-state index in [1.807, 2.05) is 6.92 Å². The zero-order valence-electron chi connectivity index (χ0n) is 13.8. The van der Waals surface area contributed by atoms with E-state index >= 15 is 0 Å². The van der Waals surface area contributed by atoms with Crippen LogP contribution in [0.3, 0.4) is 0 Å². The Hall–Kier alpha value is -1.85. The van der Waals surface area contributed by atoms with E-state index in [4.69, 9.17) is 0 Å². The summed E-state index contributed by atoms with van der Waals surface area (Å²) in [4.78, 5) is 15.0. The van der Waals surface area contributed by atoms with Gasteiger partial charge in [0.05, 0.1) is 17.1 Å². The molecule has 0 unspecified atom stereocenters. The molecule has 1 aromatic heterocycles. The molecule has 21 heavy (non-hydrogen) atoms. The lowest BCUT2D eigenvalue weighted by Gasteiger charge is -2.33. The third-order valence-electron chi connectivity index (χ3n) is 2.82. The second-order valence-electron chi connectivity index (χ2n) is 7.13. The van der Waals surface area contributed by atoms with Crippen molar-refractivity contribution < 1.29 is 4.92 Å². The smallest absolute Gasteiger partial charge is 0.276 e. The van der Waals surface area contributed by atoms with Gasteiger partial charge in [-0.3, -0.25) is 10.1 Å². The Labute approximate surface area is 126 Å². The van der Waals surface area contributed by atoms with Crippen molar-refractivity contribution in [1.82, 2.24) is 4.98 Å². The molecule has 1 aromatic rings. The molecular formula is C15H26N4O2. The number of hydrogen-bond donors (Lipinski definition) is 2. The molecule has 1 heterocycles. The summed E-state index contributed by atoms with van der Waals surface area (Å²) in [5.41, 5.74) is -0.0129. The predicted octanol–water partition coefficient (Wildman–Crippen LogP) is 4.05. The number of pyridine rings is 1. The van der Waals surface area contributed by atoms with E-state index in [0.29, 0.717) is 18.2 Å². The largest absolute Gasteiger partial charge is 0.370 e. The molecule has 0 saturated carbocycles. The Balaban J connectivity index is 3.03. The van der Waals surface area contributed by atoms with E-state index in [9.17, 15) is 10.1 Å². The van der Waals surface area contributed by atoms with Gasteiger partial charge in [0, 0.05) is 12.1 Å². The van der Waals surface area contributed by atoms with Gasteiger partial charge in [-0.15, -0.1) is 0 Å². The van der Waals surface area contributed by atoms with E-state index in [-0.39, 0.29) is 16.6 Å². The predicted molar refractivity (Wildman–Crippen MR) is 86.8 cm³/mol. The maximum Gasteiger partial charge on any atom is 0.276 e. The van der Waals surface area contributed by atoms with Gasteiger partial charge in [0.15, 0.2) is 0 Å². The van der Waals surface area contributed by atoms with E-state index in [0.717, 1.165) is 6.42 Å². The number of nitrogens with one attached hydrogen (secondary N) is 2. The molecule has 0 aliphatic carbocycles. The zero-order valence-corrected chi connectivity index (χ0v) is 13.8. The van der Waals surface area contributed by atoms with Gasteiger partial charge >= 0.3 is 0 Å². The van der Waals surface area contributed by atoms with Crippen LogP contribution in [0.15, 0.2) is 12.1 Å². The van der Waals surface area contributed by atoms with Gasteiger partial charge in [-0.05, 0) is 32.6 Å². The summed E-state index contributed by atoms with van der Waals surface area (Å²) < 4.78 is 0. The van der Waals surface area contributed by atoms with E-state index in [1.165, 1.54) is 12.1 Å². The van der Waals surface area contributed by atoms with Crippen LogP contribution in [0.4, 0.5) is 17.3 Å². The first kappa shape index (κ1) is 17.2. The highest BCUT2D eigenvalue weighted by Crippen LogP contribution is 2.30. The van der Waals surface area contributed by atoms with Crippen LogP contribution < -0.4 is 10.6 Å². The second-order valence-corrected chi connectivity index (χ2v) is 7.13. The molecule has 0 radical (unpaired) electrons. The maximum atomic E-state index is 11.0. The highest BCUT2D eigenvalue weighted by atomic mass is 16.6. The first-order valence-corrected chi connectivity index (χ1v) is 7.21. The third-order valence-corrected chi connectivity index (χ3v) is 2.82. The molecule has 1 rings (SSSR count). The Morgan fingerprint density at radius 1 is 1.19 bits per heavy atom. The number of hydrogen-bond acceptors (Lipinski definition) is 5. The molecule has 0 aliphatic rings. The molecule has 6 nitrogen and oxygen atoms in total. The fraction of sp³-hybridized carbons (Fsp3) is 0.667. The Morgan fingerprint density at radius 3 is 2.24 bits per heavy atom. The van der Waals surface area contributed by atoms with E-state index < -0.39 is 4.92 Å². The Morgan fingerprint density at radius 2 is 1.76 bits per heavy atom. The van der Waals surface area contributed by atoms with Crippen LogP contribution in [0.25, 0.3) is 0 Å². The minimum absolute atomic E-state index is 0.0370. The van der Waals surface area contributed by atoms with Crippen LogP contribution in [-0.4, -0.2) is 22.0 Å². The second kappa shape index (κ2) is 6.28. The van der Waals surface area contributed by atoms with Gasteiger partial charge in [-0.2, -0.15) is 0 Å². The Kier molecular flexibility index (Phi) is 5.15. The van der Waals surface area contributed by atoms with Gasteiger partial charge in [0.2, 0.25) is 0 Å². The minimum atomic E-state index is -0.398. The van der Waals surface area contributed by atoms with Gasteiger partial charge < -0.3 is 10.6 Å². The lowest BCUT2D eigenvalue weighted by molar-refractivity contribution is -0.384. The average Bonchev–Trinajstić information content (AvgIpc) is 2.24. The highest BCUT2D eigenvalue weighted by molar-refractivity contribution is 5.55. The topological polar surface area (TPSA) is 80.1 Å². The Bertz CT molecular complexity index is 507. The molecule has 6 heteroatoms. The lowest BCUT2D eigenvalue weighted by atomic mass is 9.82. The average molecular weight is 294 g/mol. The van der Waals surface area contributed by atoms with Crippen molar-refractivity contribution in [2.75, 3.05) is 17.2 Å². The minimum Gasteiger partial charge on any atom is -0.370 e. The van der Waals surface area contributed by atoms with Crippen LogP contribution in [-0.2, 0) is 0 Å². The number of anilines is 2. The fourth-order valence-corrected chi connectivity index (χ4v) is 2.67. The fourth-order valence-electron chi connectivity index (χ4n) is 2.67. The normalized spacial score (nSPS) is 12.1. The molecule has 0 aliphatic heterocycles. The van der Waals surface area contributed by atoms with Gasteiger partial charge in [-0.1, -0.05) is 20.8 Å².